The summed E-state index contributed by atoms with van der Waals surface area (Å²) in [6, 6.07) is 11.5. The first-order chi connectivity index (χ1) is 14.4. The van der Waals surface area contributed by atoms with E-state index in [-0.39, 0.29) is 42.9 Å². The maximum atomic E-state index is 13.7. The Labute approximate surface area is 172 Å². The molecule has 0 saturated heterocycles. The minimum Gasteiger partial charge on any atom is -0.484 e. The van der Waals surface area contributed by atoms with Crippen LogP contribution in [0.2, 0.25) is 0 Å². The summed E-state index contributed by atoms with van der Waals surface area (Å²) in [6.07, 6.45) is 0. The molecule has 0 atom stereocenters. The number of nitrogens with one attached hydrogen (secondary N) is 2. The molecule has 0 unspecified atom stereocenters. The van der Waals surface area contributed by atoms with Gasteiger partial charge in [0.2, 0.25) is 5.82 Å². The molecule has 2 aromatic carbocycles. The quantitative estimate of drug-likeness (QED) is 0.551. The summed E-state index contributed by atoms with van der Waals surface area (Å²) in [7, 11) is 0. The summed E-state index contributed by atoms with van der Waals surface area (Å²) in [4.78, 5) is 27.8. The number of amides is 2. The van der Waals surface area contributed by atoms with Crippen LogP contribution in [0, 0.1) is 19.7 Å². The lowest BCUT2D eigenvalue weighted by Crippen LogP contribution is -2.36. The third kappa shape index (κ3) is 5.40. The molecule has 0 aliphatic carbocycles. The predicted octanol–water partition coefficient (Wildman–Crippen LogP) is 2.42. The van der Waals surface area contributed by atoms with Crippen LogP contribution < -0.4 is 15.4 Å². The molecule has 1 heterocycles. The summed E-state index contributed by atoms with van der Waals surface area (Å²) in [5.41, 5.74) is 2.36. The largest absolute Gasteiger partial charge is 0.484 e. The van der Waals surface area contributed by atoms with E-state index in [0.29, 0.717) is 5.75 Å². The molecular formula is C21H21FN4O4. The number of hydrogen-bond acceptors (Lipinski definition) is 6. The molecule has 0 saturated carbocycles. The normalized spacial score (nSPS) is 10.5. The fourth-order valence-corrected chi connectivity index (χ4v) is 2.52. The minimum atomic E-state index is -0.620. The van der Waals surface area contributed by atoms with Gasteiger partial charge in [0.15, 0.2) is 6.61 Å². The summed E-state index contributed by atoms with van der Waals surface area (Å²) < 4.78 is 24.1. The van der Waals surface area contributed by atoms with Gasteiger partial charge < -0.3 is 19.9 Å². The maximum Gasteiger partial charge on any atom is 0.316 e. The highest BCUT2D eigenvalue weighted by molar-refractivity contribution is 5.89. The zero-order valence-corrected chi connectivity index (χ0v) is 16.6. The fraction of sp³-hybridized carbons (Fsp3) is 0.238. The molecule has 0 aliphatic rings. The molecular weight excluding hydrogens is 391 g/mol. The molecule has 3 rings (SSSR count). The number of carbonyl (C=O) groups excluding carboxylic acids is 2. The van der Waals surface area contributed by atoms with Gasteiger partial charge >= 0.3 is 11.8 Å². The van der Waals surface area contributed by atoms with Crippen molar-refractivity contribution in [2.75, 3.05) is 19.7 Å². The second kappa shape index (κ2) is 9.64. The second-order valence-electron chi connectivity index (χ2n) is 6.54. The highest BCUT2D eigenvalue weighted by atomic mass is 19.1. The third-order valence-electron chi connectivity index (χ3n) is 4.32. The zero-order valence-electron chi connectivity index (χ0n) is 16.6. The maximum absolute atomic E-state index is 13.7. The lowest BCUT2D eigenvalue weighted by atomic mass is 10.1. The van der Waals surface area contributed by atoms with Gasteiger partial charge in [0.05, 0.1) is 5.56 Å². The summed E-state index contributed by atoms with van der Waals surface area (Å²) in [6.45, 7) is 4.16. The molecule has 2 amide bonds. The molecule has 8 nitrogen and oxygen atoms in total. The molecule has 2 N–H and O–H groups in total. The zero-order chi connectivity index (χ0) is 21.5. The van der Waals surface area contributed by atoms with Crippen LogP contribution in [0.1, 0.15) is 21.8 Å². The Hall–Kier alpha value is -3.75. The van der Waals surface area contributed by atoms with E-state index < -0.39 is 11.7 Å². The molecule has 0 fully saturated rings. The molecule has 156 valence electrons. The number of aromatic nitrogens is 2. The van der Waals surface area contributed by atoms with E-state index in [4.69, 9.17) is 9.26 Å². The van der Waals surface area contributed by atoms with E-state index in [1.54, 1.807) is 12.1 Å². The molecule has 0 radical (unpaired) electrons. The van der Waals surface area contributed by atoms with Gasteiger partial charge in [-0.05, 0) is 49.2 Å². The van der Waals surface area contributed by atoms with Crippen molar-refractivity contribution >= 4 is 11.8 Å². The first-order valence-corrected chi connectivity index (χ1v) is 9.27. The number of carbonyl (C=O) groups is 2. The monoisotopic (exact) mass is 412 g/mol. The first kappa shape index (κ1) is 21.0. The van der Waals surface area contributed by atoms with Crippen LogP contribution in [-0.2, 0) is 4.79 Å². The number of rotatable bonds is 8. The highest BCUT2D eigenvalue weighted by Crippen LogP contribution is 2.19. The number of hydrogen-bond donors (Lipinski definition) is 2. The number of benzene rings is 2. The standard InChI is InChI=1S/C21H21FN4O4/c1-13-7-8-15(11-14(13)2)29-12-18(27)23-9-10-24-20(28)21-25-19(26-30-21)16-5-3-4-6-17(16)22/h3-8,11H,9-10,12H2,1-2H3,(H,23,27)(H,24,28). The van der Waals surface area contributed by atoms with Crippen molar-refractivity contribution in [1.82, 2.24) is 20.8 Å². The van der Waals surface area contributed by atoms with Crippen LogP contribution in [0.25, 0.3) is 11.4 Å². The lowest BCUT2D eigenvalue weighted by Gasteiger charge is -2.09. The van der Waals surface area contributed by atoms with Crippen molar-refractivity contribution in [1.29, 1.82) is 0 Å². The molecule has 0 bridgehead atoms. The van der Waals surface area contributed by atoms with E-state index in [0.717, 1.165) is 11.1 Å². The Balaban J connectivity index is 1.40. The van der Waals surface area contributed by atoms with Crippen LogP contribution in [0.15, 0.2) is 47.0 Å². The van der Waals surface area contributed by atoms with Crippen LogP contribution in [0.5, 0.6) is 5.75 Å². The van der Waals surface area contributed by atoms with Gasteiger partial charge in [0.1, 0.15) is 11.6 Å². The molecule has 30 heavy (non-hydrogen) atoms. The van der Waals surface area contributed by atoms with Crippen LogP contribution in [-0.4, -0.2) is 41.7 Å². The van der Waals surface area contributed by atoms with Gasteiger partial charge in [-0.15, -0.1) is 0 Å². The molecule has 3 aromatic rings. The molecule has 0 spiro atoms. The number of halogens is 1. The van der Waals surface area contributed by atoms with Crippen molar-refractivity contribution in [2.45, 2.75) is 13.8 Å². The van der Waals surface area contributed by atoms with Gasteiger partial charge in [0.25, 0.3) is 5.91 Å². The topological polar surface area (TPSA) is 106 Å². The molecule has 0 aliphatic heterocycles. The van der Waals surface area contributed by atoms with E-state index in [9.17, 15) is 14.0 Å². The van der Waals surface area contributed by atoms with Crippen LogP contribution >= 0.6 is 0 Å². The Bertz CT molecular complexity index is 1050. The van der Waals surface area contributed by atoms with E-state index in [1.807, 2.05) is 26.0 Å². The van der Waals surface area contributed by atoms with Crippen molar-refractivity contribution < 1.29 is 23.2 Å². The summed E-state index contributed by atoms with van der Waals surface area (Å²) >= 11 is 0. The Morgan fingerprint density at radius 3 is 2.60 bits per heavy atom. The van der Waals surface area contributed by atoms with E-state index in [2.05, 4.69) is 20.8 Å². The average Bonchev–Trinajstić information content (AvgIpc) is 3.22. The van der Waals surface area contributed by atoms with Crippen LogP contribution in [0.4, 0.5) is 4.39 Å². The van der Waals surface area contributed by atoms with Gasteiger partial charge in [-0.1, -0.05) is 23.4 Å². The van der Waals surface area contributed by atoms with Crippen molar-refractivity contribution in [3.8, 4) is 17.1 Å². The van der Waals surface area contributed by atoms with E-state index in [1.165, 1.54) is 18.2 Å². The average molecular weight is 412 g/mol. The Morgan fingerprint density at radius 2 is 1.83 bits per heavy atom. The van der Waals surface area contributed by atoms with Gasteiger partial charge in [0, 0.05) is 13.1 Å². The predicted molar refractivity (Wildman–Crippen MR) is 106 cm³/mol. The number of aryl methyl sites for hydroxylation is 2. The first-order valence-electron chi connectivity index (χ1n) is 9.27. The van der Waals surface area contributed by atoms with E-state index >= 15 is 0 Å². The fourth-order valence-electron chi connectivity index (χ4n) is 2.52. The SMILES string of the molecule is Cc1ccc(OCC(=O)NCCNC(=O)c2nc(-c3ccccc3F)no2)cc1C. The van der Waals surface area contributed by atoms with Gasteiger partial charge in [-0.2, -0.15) is 4.98 Å². The van der Waals surface area contributed by atoms with Crippen molar-refractivity contribution in [2.24, 2.45) is 0 Å². The minimum absolute atomic E-state index is 0.0185. The number of nitrogens with zero attached hydrogens (tertiary/aromatic N) is 2. The second-order valence-corrected chi connectivity index (χ2v) is 6.54. The molecule has 1 aromatic heterocycles. The van der Waals surface area contributed by atoms with Crippen molar-refractivity contribution in [3.05, 3.63) is 65.3 Å². The summed E-state index contributed by atoms with van der Waals surface area (Å²) in [5, 5.41) is 8.78. The Kier molecular flexibility index (Phi) is 6.74. The highest BCUT2D eigenvalue weighted by Gasteiger charge is 2.17. The number of ether oxygens (including phenoxy) is 1. The Morgan fingerprint density at radius 1 is 1.07 bits per heavy atom. The third-order valence-corrected chi connectivity index (χ3v) is 4.32. The lowest BCUT2D eigenvalue weighted by molar-refractivity contribution is -0.123. The van der Waals surface area contributed by atoms with Crippen LogP contribution in [0.3, 0.4) is 0 Å². The van der Waals surface area contributed by atoms with Crippen molar-refractivity contribution in [3.63, 3.8) is 0 Å². The molecule has 9 heteroatoms. The van der Waals surface area contributed by atoms with Gasteiger partial charge in [-0.25, -0.2) is 4.39 Å². The summed E-state index contributed by atoms with van der Waals surface area (Å²) in [5.74, 6) is -1.15. The van der Waals surface area contributed by atoms with Gasteiger partial charge in [-0.3, -0.25) is 9.59 Å². The smallest absolute Gasteiger partial charge is 0.316 e.